The first-order chi connectivity index (χ1) is 13.5. The first kappa shape index (κ1) is 19.9. The molecule has 2 aromatic rings. The van der Waals surface area contributed by atoms with Gasteiger partial charge in [0, 0.05) is 37.8 Å². The summed E-state index contributed by atoms with van der Waals surface area (Å²) >= 11 is 0. The number of aliphatic hydroxyl groups excluding tert-OH is 1. The average molecular weight is 388 g/mol. The lowest BCUT2D eigenvalue weighted by atomic mass is 9.98. The second-order valence-corrected chi connectivity index (χ2v) is 6.61. The molecule has 0 aliphatic carbocycles. The summed E-state index contributed by atoms with van der Waals surface area (Å²) in [6, 6.07) is 10.8. The fourth-order valence-electron chi connectivity index (χ4n) is 3.31. The Morgan fingerprint density at radius 3 is 2.71 bits per heavy atom. The number of para-hydroxylation sites is 1. The number of ether oxygens (including phenoxy) is 2. The van der Waals surface area contributed by atoms with E-state index in [2.05, 4.69) is 0 Å². The quantitative estimate of drug-likeness (QED) is 0.668. The van der Waals surface area contributed by atoms with Crippen molar-refractivity contribution in [1.82, 2.24) is 9.36 Å². The van der Waals surface area contributed by atoms with E-state index in [0.29, 0.717) is 31.6 Å². The molecule has 0 amide bonds. The lowest BCUT2D eigenvalue weighted by Gasteiger charge is -2.28. The largest absolute Gasteiger partial charge is 0.475 e. The molecule has 2 N–H and O–H groups in total. The van der Waals surface area contributed by atoms with E-state index < -0.39 is 12.3 Å². The fraction of sp³-hybridized carbons (Fsp3) is 0.400. The van der Waals surface area contributed by atoms with Gasteiger partial charge in [0.05, 0.1) is 12.3 Å². The zero-order valence-electron chi connectivity index (χ0n) is 15.7. The highest BCUT2D eigenvalue weighted by Crippen LogP contribution is 2.31. The van der Waals surface area contributed by atoms with Gasteiger partial charge in [-0.05, 0) is 31.1 Å². The second-order valence-electron chi connectivity index (χ2n) is 6.61. The Morgan fingerprint density at radius 1 is 1.29 bits per heavy atom. The number of rotatable bonds is 8. The van der Waals surface area contributed by atoms with Gasteiger partial charge in [-0.2, -0.15) is 0 Å². The van der Waals surface area contributed by atoms with E-state index in [-0.39, 0.29) is 23.8 Å². The molecule has 0 unspecified atom stereocenters. The summed E-state index contributed by atoms with van der Waals surface area (Å²) in [5.74, 6) is -1.71. The molecule has 2 heterocycles. The summed E-state index contributed by atoms with van der Waals surface area (Å²) in [6.07, 6.45) is 2.43. The molecule has 1 aromatic carbocycles. The van der Waals surface area contributed by atoms with Gasteiger partial charge in [-0.25, -0.2) is 9.48 Å². The number of unbranched alkanes of at least 4 members (excludes halogenated alkanes) is 1. The molecular formula is C20H24N2O6. The highest BCUT2D eigenvalue weighted by atomic mass is 16.7. The number of aliphatic hydroxyl groups is 1. The van der Waals surface area contributed by atoms with Gasteiger partial charge in [-0.15, -0.1) is 0 Å². The highest BCUT2D eigenvalue weighted by Gasteiger charge is 2.30. The Balaban J connectivity index is 1.88. The van der Waals surface area contributed by atoms with Crippen LogP contribution in [0.25, 0.3) is 5.69 Å². The SMILES string of the molecule is Cn1c([C@H]2C=C(C(=O)O)O[C@@H](OCCCCO)C2)cc(=O)n1-c1ccccc1. The smallest absolute Gasteiger partial charge is 0.370 e. The zero-order valence-corrected chi connectivity index (χ0v) is 15.7. The molecule has 1 aliphatic heterocycles. The lowest BCUT2D eigenvalue weighted by Crippen LogP contribution is -2.28. The van der Waals surface area contributed by atoms with Crippen LogP contribution in [-0.2, 0) is 21.3 Å². The normalized spacial score (nSPS) is 19.1. The Kier molecular flexibility index (Phi) is 6.33. The monoisotopic (exact) mass is 388 g/mol. The molecule has 0 radical (unpaired) electrons. The molecule has 1 aliphatic rings. The molecule has 8 heteroatoms. The predicted octanol–water partition coefficient (Wildman–Crippen LogP) is 1.76. The summed E-state index contributed by atoms with van der Waals surface area (Å²) < 4.78 is 14.3. The van der Waals surface area contributed by atoms with Crippen LogP contribution in [-0.4, -0.2) is 45.0 Å². The van der Waals surface area contributed by atoms with E-state index in [1.807, 2.05) is 30.3 Å². The third kappa shape index (κ3) is 4.35. The van der Waals surface area contributed by atoms with Crippen LogP contribution in [0, 0.1) is 0 Å². The number of nitrogens with zero attached hydrogens (tertiary/aromatic N) is 2. The van der Waals surface area contributed by atoms with Gasteiger partial charge < -0.3 is 19.7 Å². The van der Waals surface area contributed by atoms with Crippen molar-refractivity contribution in [2.24, 2.45) is 7.05 Å². The van der Waals surface area contributed by atoms with E-state index >= 15 is 0 Å². The van der Waals surface area contributed by atoms with E-state index in [1.54, 1.807) is 11.7 Å². The van der Waals surface area contributed by atoms with E-state index in [9.17, 15) is 14.7 Å². The van der Waals surface area contributed by atoms with Crippen molar-refractivity contribution in [2.45, 2.75) is 31.5 Å². The lowest BCUT2D eigenvalue weighted by molar-refractivity contribution is -0.157. The van der Waals surface area contributed by atoms with Crippen LogP contribution >= 0.6 is 0 Å². The van der Waals surface area contributed by atoms with Crippen molar-refractivity contribution in [2.75, 3.05) is 13.2 Å². The van der Waals surface area contributed by atoms with Gasteiger partial charge in [0.15, 0.2) is 0 Å². The van der Waals surface area contributed by atoms with Gasteiger partial charge in [0.2, 0.25) is 12.0 Å². The maximum Gasteiger partial charge on any atom is 0.370 e. The van der Waals surface area contributed by atoms with Crippen LogP contribution in [0.5, 0.6) is 0 Å². The molecule has 28 heavy (non-hydrogen) atoms. The summed E-state index contributed by atoms with van der Waals surface area (Å²) in [6.45, 7) is 0.432. The number of aromatic nitrogens is 2. The first-order valence-corrected chi connectivity index (χ1v) is 9.20. The molecular weight excluding hydrogens is 364 g/mol. The summed E-state index contributed by atoms with van der Waals surface area (Å²) in [5, 5.41) is 18.2. The predicted molar refractivity (Wildman–Crippen MR) is 101 cm³/mol. The summed E-state index contributed by atoms with van der Waals surface area (Å²) in [4.78, 5) is 24.0. The molecule has 0 spiro atoms. The highest BCUT2D eigenvalue weighted by molar-refractivity contribution is 5.84. The van der Waals surface area contributed by atoms with Gasteiger partial charge >= 0.3 is 5.97 Å². The van der Waals surface area contributed by atoms with E-state index in [4.69, 9.17) is 14.6 Å². The van der Waals surface area contributed by atoms with Crippen LogP contribution in [0.2, 0.25) is 0 Å². The standard InChI is InChI=1S/C20H24N2O6/c1-21-16(13-18(24)22(21)15-7-3-2-4-8-15)14-11-17(20(25)26)28-19(12-14)27-10-6-5-9-23/h2-4,7-8,11,13-14,19,23H,5-6,9-10,12H2,1H3,(H,25,26)/t14-,19+/m0/s1. The van der Waals surface area contributed by atoms with Crippen LogP contribution in [0.3, 0.4) is 0 Å². The number of aliphatic carboxylic acids is 1. The minimum Gasteiger partial charge on any atom is -0.475 e. The molecule has 150 valence electrons. The second kappa shape index (κ2) is 8.90. The van der Waals surface area contributed by atoms with Crippen molar-refractivity contribution >= 4 is 5.97 Å². The summed E-state index contributed by atoms with van der Waals surface area (Å²) in [7, 11) is 1.77. The Bertz CT molecular complexity index is 899. The topological polar surface area (TPSA) is 103 Å². The maximum atomic E-state index is 12.6. The molecule has 0 bridgehead atoms. The van der Waals surface area contributed by atoms with Crippen molar-refractivity contribution in [3.05, 3.63) is 64.3 Å². The molecule has 0 saturated carbocycles. The van der Waals surface area contributed by atoms with E-state index in [0.717, 1.165) is 5.69 Å². The number of benzene rings is 1. The molecule has 0 saturated heterocycles. The van der Waals surface area contributed by atoms with Gasteiger partial charge in [0.25, 0.3) is 5.56 Å². The number of hydrogen-bond donors (Lipinski definition) is 2. The molecule has 0 fully saturated rings. The Hall–Kier alpha value is -2.84. The number of carbonyl (C=O) groups is 1. The zero-order chi connectivity index (χ0) is 20.1. The van der Waals surface area contributed by atoms with Crippen molar-refractivity contribution in [1.29, 1.82) is 0 Å². The van der Waals surface area contributed by atoms with Gasteiger partial charge in [-0.1, -0.05) is 18.2 Å². The van der Waals surface area contributed by atoms with Crippen LogP contribution in [0.4, 0.5) is 0 Å². The van der Waals surface area contributed by atoms with Crippen LogP contribution in [0.1, 0.15) is 30.9 Å². The van der Waals surface area contributed by atoms with Gasteiger partial charge in [0.1, 0.15) is 0 Å². The van der Waals surface area contributed by atoms with Crippen molar-refractivity contribution < 1.29 is 24.5 Å². The third-order valence-corrected chi connectivity index (χ3v) is 4.66. The molecule has 2 atom stereocenters. The first-order valence-electron chi connectivity index (χ1n) is 9.20. The number of carboxylic acids is 1. The number of carboxylic acid groups (broad SMARTS) is 1. The van der Waals surface area contributed by atoms with Crippen LogP contribution in [0.15, 0.2) is 53.0 Å². The molecule has 1 aromatic heterocycles. The average Bonchev–Trinajstić information content (AvgIpc) is 3.00. The van der Waals surface area contributed by atoms with E-state index in [1.165, 1.54) is 16.8 Å². The number of allylic oxidation sites excluding steroid dienone is 1. The maximum absolute atomic E-state index is 12.6. The Labute approximate surface area is 162 Å². The summed E-state index contributed by atoms with van der Waals surface area (Å²) in [5.41, 5.74) is 1.22. The van der Waals surface area contributed by atoms with Crippen molar-refractivity contribution in [3.8, 4) is 5.69 Å². The number of hydrogen-bond acceptors (Lipinski definition) is 5. The van der Waals surface area contributed by atoms with Crippen LogP contribution < -0.4 is 5.56 Å². The fourth-order valence-corrected chi connectivity index (χ4v) is 3.31. The minimum atomic E-state index is -1.18. The molecule has 8 nitrogen and oxygen atoms in total. The van der Waals surface area contributed by atoms with Gasteiger partial charge in [-0.3, -0.25) is 9.48 Å². The Morgan fingerprint density at radius 2 is 2.04 bits per heavy atom. The third-order valence-electron chi connectivity index (χ3n) is 4.66. The minimum absolute atomic E-state index is 0.0763. The molecule has 3 rings (SSSR count). The van der Waals surface area contributed by atoms with Crippen molar-refractivity contribution in [3.63, 3.8) is 0 Å².